The van der Waals surface area contributed by atoms with E-state index in [0.29, 0.717) is 22.2 Å². The molecular formula is C29H24FN3O6S. The highest BCUT2D eigenvalue weighted by molar-refractivity contribution is 7.92. The molecule has 11 heteroatoms. The molecule has 2 heterocycles. The van der Waals surface area contributed by atoms with E-state index >= 15 is 0 Å². The molecule has 0 unspecified atom stereocenters. The standard InChI is InChI=1S/C29H24FN3O6S/c1-4-20-16-27(38-3)26(17-24(20)30)33-25-11-10-23(15-21(25)7-12-29(33)34)40(35,36)32(28-13-14-39-31-28)18-19-5-8-22(37-2)9-6-19/h4-17H,1,18H2,2-3H3. The van der Waals surface area contributed by atoms with Crippen molar-refractivity contribution >= 4 is 32.8 Å². The lowest BCUT2D eigenvalue weighted by atomic mass is 10.1. The number of fused-ring (bicyclic) bond motifs is 1. The van der Waals surface area contributed by atoms with E-state index in [1.807, 2.05) is 0 Å². The van der Waals surface area contributed by atoms with E-state index in [1.165, 1.54) is 72.5 Å². The zero-order valence-corrected chi connectivity index (χ0v) is 22.4. The monoisotopic (exact) mass is 561 g/mol. The van der Waals surface area contributed by atoms with Gasteiger partial charge in [-0.15, -0.1) is 0 Å². The molecule has 0 spiro atoms. The van der Waals surface area contributed by atoms with Crippen LogP contribution in [0.15, 0.2) is 99.9 Å². The van der Waals surface area contributed by atoms with Crippen LogP contribution in [0, 0.1) is 5.82 Å². The summed E-state index contributed by atoms with van der Waals surface area (Å²) in [5.74, 6) is 0.397. The molecule has 0 N–H and O–H groups in total. The normalized spacial score (nSPS) is 11.4. The highest BCUT2D eigenvalue weighted by atomic mass is 32.2. The predicted molar refractivity (Wildman–Crippen MR) is 149 cm³/mol. The Labute approximate surface area is 229 Å². The largest absolute Gasteiger partial charge is 0.497 e. The SMILES string of the molecule is C=Cc1cc(OC)c(-n2c(=O)ccc3cc(S(=O)(=O)N(Cc4ccc(OC)cc4)c4ccon4)ccc32)cc1F. The lowest BCUT2D eigenvalue weighted by Gasteiger charge is -2.22. The van der Waals surface area contributed by atoms with Crippen molar-refractivity contribution in [2.45, 2.75) is 11.4 Å². The van der Waals surface area contributed by atoms with Crippen LogP contribution in [0.4, 0.5) is 10.2 Å². The van der Waals surface area contributed by atoms with Crippen molar-refractivity contribution < 1.29 is 26.8 Å². The third-order valence-corrected chi connectivity index (χ3v) is 8.12. The zero-order chi connectivity index (χ0) is 28.4. The third-order valence-electron chi connectivity index (χ3n) is 6.38. The Bertz CT molecular complexity index is 1870. The number of nitrogens with zero attached hydrogens (tertiary/aromatic N) is 3. The first-order chi connectivity index (χ1) is 19.3. The maximum atomic E-state index is 14.7. The molecule has 204 valence electrons. The van der Waals surface area contributed by atoms with E-state index in [9.17, 15) is 17.6 Å². The van der Waals surface area contributed by atoms with Crippen molar-refractivity contribution in [2.24, 2.45) is 0 Å². The number of halogens is 1. The first-order valence-corrected chi connectivity index (χ1v) is 13.4. The van der Waals surface area contributed by atoms with E-state index in [1.54, 1.807) is 31.4 Å². The van der Waals surface area contributed by atoms with Crippen molar-refractivity contribution in [3.63, 3.8) is 0 Å². The second-order valence-corrected chi connectivity index (χ2v) is 10.6. The van der Waals surface area contributed by atoms with Crippen LogP contribution in [-0.4, -0.2) is 32.4 Å². The van der Waals surface area contributed by atoms with Crippen molar-refractivity contribution in [1.82, 2.24) is 9.72 Å². The second kappa shape index (κ2) is 10.7. The molecule has 3 aromatic carbocycles. The van der Waals surface area contributed by atoms with Gasteiger partial charge in [0, 0.05) is 29.1 Å². The van der Waals surface area contributed by atoms with Gasteiger partial charge in [-0.25, -0.2) is 17.1 Å². The van der Waals surface area contributed by atoms with Crippen molar-refractivity contribution in [1.29, 1.82) is 0 Å². The molecular weight excluding hydrogens is 537 g/mol. The Morgan fingerprint density at radius 3 is 2.45 bits per heavy atom. The number of benzene rings is 3. The molecule has 5 rings (SSSR count). The van der Waals surface area contributed by atoms with E-state index in [2.05, 4.69) is 11.7 Å². The van der Waals surface area contributed by atoms with Crippen LogP contribution in [0.3, 0.4) is 0 Å². The van der Waals surface area contributed by atoms with Crippen molar-refractivity contribution in [2.75, 3.05) is 18.5 Å². The number of aromatic nitrogens is 2. The summed E-state index contributed by atoms with van der Waals surface area (Å²) in [5.41, 5.74) is 0.987. The van der Waals surface area contributed by atoms with Gasteiger partial charge in [0.2, 0.25) is 0 Å². The number of hydrogen-bond donors (Lipinski definition) is 0. The van der Waals surface area contributed by atoms with E-state index in [4.69, 9.17) is 14.0 Å². The van der Waals surface area contributed by atoms with Crippen LogP contribution < -0.4 is 19.3 Å². The molecule has 2 aromatic heterocycles. The van der Waals surface area contributed by atoms with Crippen LogP contribution in [0.1, 0.15) is 11.1 Å². The van der Waals surface area contributed by atoms with Gasteiger partial charge in [0.1, 0.15) is 23.6 Å². The topological polar surface area (TPSA) is 104 Å². The molecule has 9 nitrogen and oxygen atoms in total. The minimum atomic E-state index is -4.15. The number of rotatable bonds is 9. The minimum absolute atomic E-state index is 0.0253. The summed E-state index contributed by atoms with van der Waals surface area (Å²) in [6, 6.07) is 18.2. The van der Waals surface area contributed by atoms with Gasteiger partial charge in [-0.05, 0) is 48.0 Å². The number of methoxy groups -OCH3 is 2. The molecule has 0 saturated carbocycles. The Morgan fingerprint density at radius 2 is 1.80 bits per heavy atom. The van der Waals surface area contributed by atoms with E-state index < -0.39 is 21.4 Å². The number of pyridine rings is 1. The lowest BCUT2D eigenvalue weighted by Crippen LogP contribution is -2.31. The molecule has 0 atom stereocenters. The average molecular weight is 562 g/mol. The molecule has 0 radical (unpaired) electrons. The predicted octanol–water partition coefficient (Wildman–Crippen LogP) is 5.17. The van der Waals surface area contributed by atoms with E-state index in [0.717, 1.165) is 4.31 Å². The molecule has 0 saturated heterocycles. The van der Waals surface area contributed by atoms with Gasteiger partial charge in [0.15, 0.2) is 5.82 Å². The Kier molecular flexibility index (Phi) is 7.14. The fraction of sp³-hybridized carbons (Fsp3) is 0.103. The van der Waals surface area contributed by atoms with Gasteiger partial charge in [0.05, 0.1) is 36.9 Å². The van der Waals surface area contributed by atoms with Crippen molar-refractivity contribution in [3.8, 4) is 17.2 Å². The fourth-order valence-electron chi connectivity index (χ4n) is 4.33. The van der Waals surface area contributed by atoms with Crippen molar-refractivity contribution in [3.05, 3.63) is 113 Å². The molecule has 0 aliphatic rings. The molecule has 0 aliphatic carbocycles. The first-order valence-electron chi connectivity index (χ1n) is 12.0. The number of anilines is 1. The number of hydrogen-bond acceptors (Lipinski definition) is 7. The van der Waals surface area contributed by atoms with Crippen LogP contribution in [-0.2, 0) is 16.6 Å². The van der Waals surface area contributed by atoms with Crippen LogP contribution in [0.25, 0.3) is 22.7 Å². The van der Waals surface area contributed by atoms with Gasteiger partial charge in [-0.1, -0.05) is 29.9 Å². The summed E-state index contributed by atoms with van der Waals surface area (Å²) in [6.07, 6.45) is 2.63. The fourth-order valence-corrected chi connectivity index (χ4v) is 5.76. The highest BCUT2D eigenvalue weighted by Gasteiger charge is 2.28. The highest BCUT2D eigenvalue weighted by Crippen LogP contribution is 2.31. The van der Waals surface area contributed by atoms with Crippen LogP contribution >= 0.6 is 0 Å². The van der Waals surface area contributed by atoms with E-state index in [-0.39, 0.29) is 34.3 Å². The average Bonchev–Trinajstić information content (AvgIpc) is 3.50. The van der Waals surface area contributed by atoms with Gasteiger partial charge in [0.25, 0.3) is 15.6 Å². The summed E-state index contributed by atoms with van der Waals surface area (Å²) < 4.78 is 60.5. The molecule has 0 aliphatic heterocycles. The summed E-state index contributed by atoms with van der Waals surface area (Å²) in [7, 11) is -1.20. The first kappa shape index (κ1) is 26.7. The summed E-state index contributed by atoms with van der Waals surface area (Å²) in [4.78, 5) is 12.9. The van der Waals surface area contributed by atoms with Gasteiger partial charge < -0.3 is 14.0 Å². The zero-order valence-electron chi connectivity index (χ0n) is 21.6. The van der Waals surface area contributed by atoms with Gasteiger partial charge in [-0.2, -0.15) is 0 Å². The van der Waals surface area contributed by atoms with Crippen LogP contribution in [0.5, 0.6) is 11.5 Å². The molecule has 40 heavy (non-hydrogen) atoms. The Hall–Kier alpha value is -4.90. The summed E-state index contributed by atoms with van der Waals surface area (Å²) >= 11 is 0. The smallest absolute Gasteiger partial charge is 0.265 e. The minimum Gasteiger partial charge on any atom is -0.497 e. The molecule has 0 fully saturated rings. The Balaban J connectivity index is 1.62. The second-order valence-electron chi connectivity index (χ2n) is 8.69. The molecule has 0 amide bonds. The number of ether oxygens (including phenoxy) is 2. The number of sulfonamides is 1. The quantitative estimate of drug-likeness (QED) is 0.244. The third kappa shape index (κ3) is 4.82. The summed E-state index contributed by atoms with van der Waals surface area (Å²) in [6.45, 7) is 3.57. The maximum absolute atomic E-state index is 14.7. The molecule has 5 aromatic rings. The summed E-state index contributed by atoms with van der Waals surface area (Å²) in [5, 5.41) is 4.28. The lowest BCUT2D eigenvalue weighted by molar-refractivity contribution is 0.411. The van der Waals surface area contributed by atoms with Gasteiger partial charge in [-0.3, -0.25) is 9.36 Å². The van der Waals surface area contributed by atoms with Crippen LogP contribution in [0.2, 0.25) is 0 Å². The maximum Gasteiger partial charge on any atom is 0.265 e. The Morgan fingerprint density at radius 1 is 1.02 bits per heavy atom. The molecule has 0 bridgehead atoms. The van der Waals surface area contributed by atoms with Gasteiger partial charge >= 0.3 is 0 Å².